The van der Waals surface area contributed by atoms with Crippen LogP contribution >= 0.6 is 15.9 Å². The van der Waals surface area contributed by atoms with Crippen molar-refractivity contribution in [1.29, 1.82) is 0 Å². The summed E-state index contributed by atoms with van der Waals surface area (Å²) in [4.78, 5) is 10.9. The number of rotatable bonds is 4. The minimum absolute atomic E-state index is 0.350. The first-order valence-corrected chi connectivity index (χ1v) is 7.05. The molecule has 1 aliphatic heterocycles. The normalized spacial score (nSPS) is 18.4. The Morgan fingerprint density at radius 2 is 2.05 bits per heavy atom. The number of hydrogen-bond donors (Lipinski definition) is 1. The van der Waals surface area contributed by atoms with E-state index in [9.17, 15) is 9.90 Å². The molecule has 0 saturated carbocycles. The van der Waals surface area contributed by atoms with E-state index in [0.717, 1.165) is 15.6 Å². The number of benzene rings is 1. The van der Waals surface area contributed by atoms with Gasteiger partial charge in [0, 0.05) is 10.5 Å². The quantitative estimate of drug-likeness (QED) is 0.851. The summed E-state index contributed by atoms with van der Waals surface area (Å²) in [5.74, 6) is 0.171. The molecule has 0 spiro atoms. The first-order chi connectivity index (χ1) is 9.54. The molecular weight excluding hydrogens is 320 g/mol. The monoisotopic (exact) mass is 334 g/mol. The Morgan fingerprint density at radius 3 is 2.65 bits per heavy atom. The van der Waals surface area contributed by atoms with Gasteiger partial charge >= 0.3 is 5.97 Å². The number of carbonyl (C=O) groups excluding carboxylic acids is 1. The minimum atomic E-state index is -0.542. The first kappa shape index (κ1) is 14.8. The van der Waals surface area contributed by atoms with E-state index in [4.69, 9.17) is 4.74 Å². The summed E-state index contributed by atoms with van der Waals surface area (Å²) >= 11 is 3.36. The van der Waals surface area contributed by atoms with Crippen molar-refractivity contribution in [2.24, 2.45) is 0 Å². The molecule has 20 heavy (non-hydrogen) atoms. The zero-order valence-electron chi connectivity index (χ0n) is 11.0. The summed E-state index contributed by atoms with van der Waals surface area (Å²) in [5, 5.41) is 10.1. The maximum absolute atomic E-state index is 10.9. The van der Waals surface area contributed by atoms with Crippen LogP contribution in [-0.2, 0) is 9.53 Å². The Balaban J connectivity index is 1.97. The number of esters is 1. The molecule has 1 atom stereocenters. The number of allylic oxidation sites excluding steroid dienone is 3. The number of hydrogen-bond acceptors (Lipinski definition) is 3. The van der Waals surface area contributed by atoms with Crippen LogP contribution in [-0.4, -0.2) is 11.1 Å². The molecule has 0 fully saturated rings. The van der Waals surface area contributed by atoms with Gasteiger partial charge in [-0.2, -0.15) is 0 Å². The van der Waals surface area contributed by atoms with Gasteiger partial charge in [0.1, 0.15) is 5.76 Å². The number of cyclic esters (lactones) is 1. The van der Waals surface area contributed by atoms with E-state index < -0.39 is 6.10 Å². The average Bonchev–Trinajstić information content (AvgIpc) is 2.83. The standard InChI is InChI=1S/C16H15BrO3/c1-11(2-7-14-8-9-16(19)20-14)10-15(18)12-3-5-13(17)6-4-12/h2-9,15,18H,10H2,1H3/b11-2-,14-7-/t15-/m1/s1. The number of ether oxygens (including phenoxy) is 1. The Hall–Kier alpha value is -1.65. The van der Waals surface area contributed by atoms with Crippen molar-refractivity contribution in [1.82, 2.24) is 0 Å². The fraction of sp³-hybridized carbons (Fsp3) is 0.188. The number of carbonyl (C=O) groups is 1. The van der Waals surface area contributed by atoms with Gasteiger partial charge in [0.05, 0.1) is 6.10 Å². The van der Waals surface area contributed by atoms with Crippen molar-refractivity contribution >= 4 is 21.9 Å². The van der Waals surface area contributed by atoms with Crippen LogP contribution in [0.3, 0.4) is 0 Å². The molecule has 0 amide bonds. The molecule has 0 aromatic heterocycles. The Labute approximate surface area is 126 Å². The third-order valence-electron chi connectivity index (χ3n) is 2.90. The molecule has 0 bridgehead atoms. The number of halogens is 1. The molecule has 104 valence electrons. The summed E-state index contributed by atoms with van der Waals surface area (Å²) < 4.78 is 5.90. The summed E-state index contributed by atoms with van der Waals surface area (Å²) in [6.07, 6.45) is 6.57. The number of aliphatic hydroxyl groups excluding tert-OH is 1. The van der Waals surface area contributed by atoms with Gasteiger partial charge in [-0.1, -0.05) is 39.7 Å². The molecule has 1 aromatic rings. The van der Waals surface area contributed by atoms with Gasteiger partial charge in [0.15, 0.2) is 0 Å². The number of aliphatic hydroxyl groups is 1. The summed E-state index contributed by atoms with van der Waals surface area (Å²) in [5.41, 5.74) is 1.88. The second-order valence-electron chi connectivity index (χ2n) is 4.61. The molecule has 1 N–H and O–H groups in total. The van der Waals surface area contributed by atoms with E-state index in [1.54, 1.807) is 12.2 Å². The van der Waals surface area contributed by atoms with E-state index in [2.05, 4.69) is 15.9 Å². The fourth-order valence-corrected chi connectivity index (χ4v) is 2.09. The minimum Gasteiger partial charge on any atom is -0.423 e. The van der Waals surface area contributed by atoms with E-state index >= 15 is 0 Å². The van der Waals surface area contributed by atoms with E-state index in [-0.39, 0.29) is 5.97 Å². The highest BCUT2D eigenvalue weighted by Gasteiger charge is 2.09. The lowest BCUT2D eigenvalue weighted by Gasteiger charge is -2.11. The zero-order valence-corrected chi connectivity index (χ0v) is 12.6. The lowest BCUT2D eigenvalue weighted by atomic mass is 10.0. The lowest BCUT2D eigenvalue weighted by molar-refractivity contribution is -0.132. The Kier molecular flexibility index (Phi) is 4.93. The van der Waals surface area contributed by atoms with Gasteiger partial charge in [-0.25, -0.2) is 4.79 Å². The van der Waals surface area contributed by atoms with E-state index in [1.165, 1.54) is 6.08 Å². The zero-order chi connectivity index (χ0) is 14.5. The van der Waals surface area contributed by atoms with Crippen molar-refractivity contribution in [3.63, 3.8) is 0 Å². The molecule has 0 unspecified atom stereocenters. The topological polar surface area (TPSA) is 46.5 Å². The second kappa shape index (κ2) is 6.68. The molecule has 0 saturated heterocycles. The van der Waals surface area contributed by atoms with E-state index in [0.29, 0.717) is 12.2 Å². The van der Waals surface area contributed by atoms with Crippen LogP contribution < -0.4 is 0 Å². The van der Waals surface area contributed by atoms with Gasteiger partial charge in [0.2, 0.25) is 0 Å². The Bertz CT molecular complexity index is 582. The lowest BCUT2D eigenvalue weighted by Crippen LogP contribution is -1.97. The van der Waals surface area contributed by atoms with Crippen LogP contribution in [0.5, 0.6) is 0 Å². The average molecular weight is 335 g/mol. The summed E-state index contributed by atoms with van der Waals surface area (Å²) in [7, 11) is 0. The third-order valence-corrected chi connectivity index (χ3v) is 3.43. The predicted molar refractivity (Wildman–Crippen MR) is 80.8 cm³/mol. The van der Waals surface area contributed by atoms with Crippen LogP contribution in [0.2, 0.25) is 0 Å². The summed E-state index contributed by atoms with van der Waals surface area (Å²) in [6.45, 7) is 1.93. The second-order valence-corrected chi connectivity index (χ2v) is 5.52. The van der Waals surface area contributed by atoms with Gasteiger partial charge in [-0.3, -0.25) is 0 Å². The highest BCUT2D eigenvalue weighted by Crippen LogP contribution is 2.23. The van der Waals surface area contributed by atoms with Crippen LogP contribution in [0, 0.1) is 0 Å². The van der Waals surface area contributed by atoms with Crippen molar-refractivity contribution in [2.45, 2.75) is 19.4 Å². The first-order valence-electron chi connectivity index (χ1n) is 6.25. The van der Waals surface area contributed by atoms with Crippen LogP contribution in [0.25, 0.3) is 0 Å². The highest BCUT2D eigenvalue weighted by molar-refractivity contribution is 9.10. The SMILES string of the molecule is C/C(=C/C=C1/C=CC(=O)O1)C[C@@H](O)c1ccc(Br)cc1. The molecular formula is C16H15BrO3. The molecule has 0 radical (unpaired) electrons. The van der Waals surface area contributed by atoms with Crippen LogP contribution in [0.1, 0.15) is 25.0 Å². The molecule has 1 heterocycles. The molecule has 1 aromatic carbocycles. The molecule has 0 aliphatic carbocycles. The largest absolute Gasteiger partial charge is 0.423 e. The Morgan fingerprint density at radius 1 is 1.35 bits per heavy atom. The van der Waals surface area contributed by atoms with Crippen molar-refractivity contribution < 1.29 is 14.6 Å². The van der Waals surface area contributed by atoms with Gasteiger partial charge in [-0.05, 0) is 43.2 Å². The van der Waals surface area contributed by atoms with Crippen LogP contribution in [0.15, 0.2) is 64.4 Å². The molecule has 4 heteroatoms. The predicted octanol–water partition coefficient (Wildman–Crippen LogP) is 3.82. The van der Waals surface area contributed by atoms with Gasteiger partial charge < -0.3 is 9.84 Å². The fourth-order valence-electron chi connectivity index (χ4n) is 1.82. The van der Waals surface area contributed by atoms with Gasteiger partial charge in [-0.15, -0.1) is 0 Å². The maximum atomic E-state index is 10.9. The summed E-state index contributed by atoms with van der Waals surface area (Å²) in [6, 6.07) is 7.59. The molecule has 3 nitrogen and oxygen atoms in total. The highest BCUT2D eigenvalue weighted by atomic mass is 79.9. The van der Waals surface area contributed by atoms with Crippen molar-refractivity contribution in [2.75, 3.05) is 0 Å². The van der Waals surface area contributed by atoms with E-state index in [1.807, 2.05) is 37.3 Å². The maximum Gasteiger partial charge on any atom is 0.336 e. The van der Waals surface area contributed by atoms with Crippen molar-refractivity contribution in [3.8, 4) is 0 Å². The van der Waals surface area contributed by atoms with Gasteiger partial charge in [0.25, 0.3) is 0 Å². The van der Waals surface area contributed by atoms with Crippen LogP contribution in [0.4, 0.5) is 0 Å². The molecule has 1 aliphatic rings. The van der Waals surface area contributed by atoms with Crippen molar-refractivity contribution in [3.05, 3.63) is 69.9 Å². The smallest absolute Gasteiger partial charge is 0.336 e. The third kappa shape index (κ3) is 4.18. The molecule has 2 rings (SSSR count).